The number of nitrogens with zero attached hydrogens (tertiary/aromatic N) is 1. The summed E-state index contributed by atoms with van der Waals surface area (Å²) in [6.45, 7) is 0.177. The molecule has 0 saturated heterocycles. The van der Waals surface area contributed by atoms with E-state index < -0.39 is 6.10 Å². The van der Waals surface area contributed by atoms with Crippen LogP contribution in [-0.2, 0) is 0 Å². The van der Waals surface area contributed by atoms with Crippen molar-refractivity contribution in [1.82, 2.24) is 4.90 Å². The molecule has 2 rings (SSSR count). The lowest BCUT2D eigenvalue weighted by Crippen LogP contribution is -2.31. The Morgan fingerprint density at radius 3 is 2.45 bits per heavy atom. The second-order valence-electron chi connectivity index (χ2n) is 4.95. The van der Waals surface area contributed by atoms with Crippen LogP contribution in [0, 0.1) is 0 Å². The predicted octanol–water partition coefficient (Wildman–Crippen LogP) is 3.15. The summed E-state index contributed by atoms with van der Waals surface area (Å²) >= 11 is 6.03. The quantitative estimate of drug-likeness (QED) is 0.921. The summed E-state index contributed by atoms with van der Waals surface area (Å²) in [6.07, 6.45) is -0.776. The average molecular weight is 320 g/mol. The molecule has 1 N–H and O–H groups in total. The van der Waals surface area contributed by atoms with Crippen molar-refractivity contribution < 1.29 is 14.6 Å². The third-order valence-corrected chi connectivity index (χ3v) is 3.73. The number of aliphatic hydroxyl groups excluding tert-OH is 1. The van der Waals surface area contributed by atoms with Gasteiger partial charge in [-0.2, -0.15) is 0 Å². The minimum atomic E-state index is -0.776. The average Bonchev–Trinajstić information content (AvgIpc) is 2.54. The molecular weight excluding hydrogens is 302 g/mol. The van der Waals surface area contributed by atoms with Gasteiger partial charge in [0.15, 0.2) is 0 Å². The van der Waals surface area contributed by atoms with Crippen LogP contribution in [0.1, 0.15) is 22.0 Å². The summed E-state index contributed by atoms with van der Waals surface area (Å²) < 4.78 is 5.08. The fourth-order valence-electron chi connectivity index (χ4n) is 2.11. The highest BCUT2D eigenvalue weighted by molar-refractivity contribution is 6.33. The van der Waals surface area contributed by atoms with Gasteiger partial charge in [-0.3, -0.25) is 4.79 Å². The third kappa shape index (κ3) is 3.78. The molecule has 0 saturated carbocycles. The number of rotatable bonds is 5. The minimum absolute atomic E-state index is 0.177. The Labute approximate surface area is 134 Å². The first kappa shape index (κ1) is 16.3. The summed E-state index contributed by atoms with van der Waals surface area (Å²) in [5.41, 5.74) is 1.15. The monoisotopic (exact) mass is 319 g/mol. The van der Waals surface area contributed by atoms with Crippen molar-refractivity contribution >= 4 is 17.5 Å². The molecular formula is C17H18ClNO3. The first-order chi connectivity index (χ1) is 10.5. The van der Waals surface area contributed by atoms with Crippen LogP contribution in [0.5, 0.6) is 5.75 Å². The number of ether oxygens (including phenoxy) is 1. The molecule has 1 unspecified atom stereocenters. The van der Waals surface area contributed by atoms with Gasteiger partial charge in [-0.15, -0.1) is 0 Å². The Hall–Kier alpha value is -2.04. The van der Waals surface area contributed by atoms with Crippen molar-refractivity contribution in [2.24, 2.45) is 0 Å². The Balaban J connectivity index is 2.05. The highest BCUT2D eigenvalue weighted by Gasteiger charge is 2.18. The Bertz CT molecular complexity index is 643. The number of halogens is 1. The van der Waals surface area contributed by atoms with E-state index in [4.69, 9.17) is 16.3 Å². The van der Waals surface area contributed by atoms with Gasteiger partial charge in [0, 0.05) is 7.05 Å². The van der Waals surface area contributed by atoms with Crippen LogP contribution in [0.25, 0.3) is 0 Å². The lowest BCUT2D eigenvalue weighted by Gasteiger charge is -2.21. The molecule has 0 aliphatic heterocycles. The Morgan fingerprint density at radius 1 is 1.23 bits per heavy atom. The van der Waals surface area contributed by atoms with Crippen LogP contribution in [0.3, 0.4) is 0 Å². The topological polar surface area (TPSA) is 49.8 Å². The molecule has 5 heteroatoms. The van der Waals surface area contributed by atoms with E-state index >= 15 is 0 Å². The molecule has 2 aromatic carbocycles. The molecule has 0 aliphatic rings. The van der Waals surface area contributed by atoms with Gasteiger partial charge in [0.25, 0.3) is 5.91 Å². The molecule has 0 radical (unpaired) electrons. The van der Waals surface area contributed by atoms with Gasteiger partial charge in [0.05, 0.1) is 30.3 Å². The summed E-state index contributed by atoms with van der Waals surface area (Å²) in [7, 11) is 3.22. The van der Waals surface area contributed by atoms with Gasteiger partial charge < -0.3 is 14.7 Å². The fourth-order valence-corrected chi connectivity index (χ4v) is 2.33. The zero-order chi connectivity index (χ0) is 16.1. The number of aliphatic hydroxyl groups is 1. The zero-order valence-electron chi connectivity index (χ0n) is 12.5. The molecule has 1 atom stereocenters. The highest BCUT2D eigenvalue weighted by atomic mass is 35.5. The van der Waals surface area contributed by atoms with E-state index in [1.165, 1.54) is 4.90 Å². The largest absolute Gasteiger partial charge is 0.497 e. The van der Waals surface area contributed by atoms with Crippen LogP contribution < -0.4 is 4.74 Å². The number of hydrogen-bond donors (Lipinski definition) is 1. The highest BCUT2D eigenvalue weighted by Crippen LogP contribution is 2.20. The molecule has 116 valence electrons. The number of benzene rings is 2. The maximum Gasteiger partial charge on any atom is 0.255 e. The van der Waals surface area contributed by atoms with Gasteiger partial charge >= 0.3 is 0 Å². The molecule has 22 heavy (non-hydrogen) atoms. The van der Waals surface area contributed by atoms with Gasteiger partial charge in [-0.05, 0) is 29.8 Å². The number of carbonyl (C=O) groups is 1. The Kier molecular flexibility index (Phi) is 5.41. The molecule has 0 aliphatic carbocycles. The van der Waals surface area contributed by atoms with Gasteiger partial charge in [-0.1, -0.05) is 35.9 Å². The second kappa shape index (κ2) is 7.29. The van der Waals surface area contributed by atoms with E-state index in [0.717, 1.165) is 11.3 Å². The lowest BCUT2D eigenvalue weighted by atomic mass is 10.1. The Morgan fingerprint density at radius 2 is 1.86 bits per heavy atom. The van der Waals surface area contributed by atoms with Crippen molar-refractivity contribution in [2.45, 2.75) is 6.10 Å². The summed E-state index contributed by atoms with van der Waals surface area (Å²) in [6, 6.07) is 14.0. The van der Waals surface area contributed by atoms with E-state index in [2.05, 4.69) is 0 Å². The number of likely N-dealkylation sites (N-methyl/N-ethyl adjacent to an activating group) is 1. The summed E-state index contributed by atoms with van der Waals surface area (Å²) in [5, 5.41) is 10.7. The van der Waals surface area contributed by atoms with Gasteiger partial charge in [0.2, 0.25) is 0 Å². The molecule has 4 nitrogen and oxygen atoms in total. The molecule has 2 aromatic rings. The maximum atomic E-state index is 12.3. The predicted molar refractivity (Wildman–Crippen MR) is 86.4 cm³/mol. The molecule has 0 bridgehead atoms. The number of methoxy groups -OCH3 is 1. The number of amides is 1. The summed E-state index contributed by atoms with van der Waals surface area (Å²) in [5.74, 6) is 0.495. The van der Waals surface area contributed by atoms with Gasteiger partial charge in [-0.25, -0.2) is 0 Å². The smallest absolute Gasteiger partial charge is 0.255 e. The molecule has 0 spiro atoms. The van der Waals surface area contributed by atoms with Crippen LogP contribution in [0.2, 0.25) is 5.02 Å². The van der Waals surface area contributed by atoms with E-state index in [0.29, 0.717) is 10.6 Å². The van der Waals surface area contributed by atoms with E-state index in [9.17, 15) is 9.90 Å². The fraction of sp³-hybridized carbons (Fsp3) is 0.235. The van der Waals surface area contributed by atoms with Crippen molar-refractivity contribution in [3.63, 3.8) is 0 Å². The number of hydrogen-bond acceptors (Lipinski definition) is 3. The second-order valence-corrected chi connectivity index (χ2v) is 5.36. The van der Waals surface area contributed by atoms with Crippen LogP contribution >= 0.6 is 11.6 Å². The standard InChI is InChI=1S/C17H18ClNO3/c1-19(17(21)14-5-3-4-6-15(14)18)11-16(20)12-7-9-13(22-2)10-8-12/h3-10,16,20H,11H2,1-2H3. The molecule has 0 fully saturated rings. The van der Waals surface area contributed by atoms with E-state index in [1.54, 1.807) is 62.7 Å². The molecule has 1 amide bonds. The zero-order valence-corrected chi connectivity index (χ0v) is 13.2. The number of carbonyl (C=O) groups excluding carboxylic acids is 1. The van der Waals surface area contributed by atoms with Crippen molar-refractivity contribution in [3.8, 4) is 5.75 Å². The first-order valence-corrected chi connectivity index (χ1v) is 7.22. The molecule has 0 heterocycles. The molecule has 0 aromatic heterocycles. The van der Waals surface area contributed by atoms with Crippen LogP contribution in [0.15, 0.2) is 48.5 Å². The summed E-state index contributed by atoms with van der Waals surface area (Å²) in [4.78, 5) is 13.8. The van der Waals surface area contributed by atoms with Gasteiger partial charge in [0.1, 0.15) is 5.75 Å². The normalized spacial score (nSPS) is 11.8. The van der Waals surface area contributed by atoms with E-state index in [-0.39, 0.29) is 12.5 Å². The third-order valence-electron chi connectivity index (χ3n) is 3.40. The van der Waals surface area contributed by atoms with Crippen LogP contribution in [-0.4, -0.2) is 36.6 Å². The van der Waals surface area contributed by atoms with Crippen LogP contribution in [0.4, 0.5) is 0 Å². The SMILES string of the molecule is COc1ccc(C(O)CN(C)C(=O)c2ccccc2Cl)cc1. The maximum absolute atomic E-state index is 12.3. The lowest BCUT2D eigenvalue weighted by molar-refractivity contribution is 0.0681. The minimum Gasteiger partial charge on any atom is -0.497 e. The van der Waals surface area contributed by atoms with E-state index in [1.807, 2.05) is 0 Å². The van der Waals surface area contributed by atoms with Crippen molar-refractivity contribution in [2.75, 3.05) is 20.7 Å². The van der Waals surface area contributed by atoms with Crippen molar-refractivity contribution in [3.05, 3.63) is 64.7 Å². The first-order valence-electron chi connectivity index (χ1n) is 6.85. The van der Waals surface area contributed by atoms with Crippen molar-refractivity contribution in [1.29, 1.82) is 0 Å².